The molecule has 0 aromatic heterocycles. The number of benzene rings is 2. The molecule has 2 aromatic rings. The molecule has 1 N–H and O–H groups in total. The third-order valence-electron chi connectivity index (χ3n) is 2.17. The minimum absolute atomic E-state index is 0. The number of phenols is 1. The summed E-state index contributed by atoms with van der Waals surface area (Å²) in [5.74, 6) is 0.134. The third-order valence-corrected chi connectivity index (χ3v) is 2.17. The summed E-state index contributed by atoms with van der Waals surface area (Å²) in [6.45, 7) is 0. The fraction of sp³-hybridized carbons (Fsp3) is 0. The average molecular weight is 206 g/mol. The van der Waals surface area contributed by atoms with Gasteiger partial charge >= 0.3 is 18.9 Å². The first kappa shape index (κ1) is 12.6. The molecule has 16 heavy (non-hydrogen) atoms. The molecule has 0 amide bonds. The zero-order valence-electron chi connectivity index (χ0n) is 8.05. The molecular weight excluding hydrogens is 195 g/mol. The van der Waals surface area contributed by atoms with Crippen LogP contribution < -0.4 is 0 Å². The standard InChI is InChI=1S/C13H10O2.Li.H/c14-12-8-6-11(7-9-12)13(15)10-4-2-1-3-5-10;;/h1-9,14H;;. The van der Waals surface area contributed by atoms with Crippen LogP contribution in [0.5, 0.6) is 5.75 Å². The molecule has 2 rings (SSSR count). The molecule has 0 saturated heterocycles. The van der Waals surface area contributed by atoms with Gasteiger partial charge in [0.25, 0.3) is 0 Å². The van der Waals surface area contributed by atoms with Gasteiger partial charge in [0.05, 0.1) is 0 Å². The van der Waals surface area contributed by atoms with Gasteiger partial charge in [-0.25, -0.2) is 0 Å². The number of hydrogen-bond acceptors (Lipinski definition) is 2. The average Bonchev–Trinajstić information content (AvgIpc) is 2.30. The summed E-state index contributed by atoms with van der Waals surface area (Å²) in [6.07, 6.45) is 0. The Hall–Kier alpha value is -1.49. The van der Waals surface area contributed by atoms with Gasteiger partial charge in [0.2, 0.25) is 0 Å². The molecule has 0 saturated carbocycles. The van der Waals surface area contributed by atoms with Crippen LogP contribution in [0.4, 0.5) is 0 Å². The molecule has 0 aliphatic heterocycles. The maximum atomic E-state index is 11.9. The van der Waals surface area contributed by atoms with E-state index in [1.54, 1.807) is 24.3 Å². The summed E-state index contributed by atoms with van der Waals surface area (Å²) >= 11 is 0. The van der Waals surface area contributed by atoms with Gasteiger partial charge in [-0.2, -0.15) is 0 Å². The molecule has 2 aromatic carbocycles. The van der Waals surface area contributed by atoms with Gasteiger partial charge in [0.15, 0.2) is 5.78 Å². The van der Waals surface area contributed by atoms with Crippen molar-refractivity contribution in [3.63, 3.8) is 0 Å². The number of rotatable bonds is 2. The van der Waals surface area contributed by atoms with E-state index in [1.807, 2.05) is 18.2 Å². The van der Waals surface area contributed by atoms with Gasteiger partial charge in [-0.05, 0) is 24.3 Å². The first-order valence-corrected chi connectivity index (χ1v) is 4.66. The van der Waals surface area contributed by atoms with Gasteiger partial charge in [-0.3, -0.25) is 4.79 Å². The summed E-state index contributed by atoms with van der Waals surface area (Å²) in [5.41, 5.74) is 1.24. The van der Waals surface area contributed by atoms with Crippen molar-refractivity contribution in [2.24, 2.45) is 0 Å². The Bertz CT molecular complexity index is 463. The topological polar surface area (TPSA) is 37.3 Å². The first-order valence-electron chi connectivity index (χ1n) is 4.66. The van der Waals surface area contributed by atoms with Gasteiger partial charge in [0.1, 0.15) is 5.75 Å². The van der Waals surface area contributed by atoms with Crippen molar-refractivity contribution in [1.29, 1.82) is 0 Å². The molecule has 0 fully saturated rings. The van der Waals surface area contributed by atoms with Gasteiger partial charge in [-0.1, -0.05) is 30.3 Å². The molecule has 0 aliphatic carbocycles. The van der Waals surface area contributed by atoms with E-state index in [0.29, 0.717) is 11.1 Å². The molecule has 76 valence electrons. The normalized spacial score (nSPS) is 9.25. The van der Waals surface area contributed by atoms with Crippen LogP contribution >= 0.6 is 0 Å². The molecular formula is C13H11LiO2. The molecule has 2 nitrogen and oxygen atoms in total. The van der Waals surface area contributed by atoms with Gasteiger partial charge in [-0.15, -0.1) is 0 Å². The van der Waals surface area contributed by atoms with E-state index in [-0.39, 0.29) is 30.4 Å². The van der Waals surface area contributed by atoms with Crippen LogP contribution in [-0.2, 0) is 0 Å². The number of carbonyl (C=O) groups is 1. The quantitative estimate of drug-likeness (QED) is 0.602. The van der Waals surface area contributed by atoms with E-state index >= 15 is 0 Å². The van der Waals surface area contributed by atoms with Crippen molar-refractivity contribution in [3.05, 3.63) is 65.7 Å². The van der Waals surface area contributed by atoms with Crippen molar-refractivity contribution in [3.8, 4) is 5.75 Å². The number of carbonyl (C=O) groups excluding carboxylic acids is 1. The molecule has 0 bridgehead atoms. The minimum atomic E-state index is -0.0319. The van der Waals surface area contributed by atoms with Crippen LogP contribution in [0.3, 0.4) is 0 Å². The molecule has 0 aliphatic rings. The van der Waals surface area contributed by atoms with Crippen molar-refractivity contribution in [1.82, 2.24) is 0 Å². The Labute approximate surface area is 106 Å². The number of aromatic hydroxyl groups is 1. The number of hydrogen-bond donors (Lipinski definition) is 1. The second-order valence-corrected chi connectivity index (χ2v) is 3.24. The van der Waals surface area contributed by atoms with Crippen LogP contribution in [-0.4, -0.2) is 29.8 Å². The molecule has 0 atom stereocenters. The number of ketones is 1. The van der Waals surface area contributed by atoms with Crippen LogP contribution in [0, 0.1) is 0 Å². The van der Waals surface area contributed by atoms with Crippen molar-refractivity contribution in [2.45, 2.75) is 0 Å². The van der Waals surface area contributed by atoms with Crippen LogP contribution in [0.1, 0.15) is 15.9 Å². The fourth-order valence-corrected chi connectivity index (χ4v) is 1.37. The van der Waals surface area contributed by atoms with Crippen molar-refractivity contribution in [2.75, 3.05) is 0 Å². The van der Waals surface area contributed by atoms with Crippen molar-refractivity contribution < 1.29 is 9.90 Å². The summed E-state index contributed by atoms with van der Waals surface area (Å²) in [5, 5.41) is 9.10. The summed E-state index contributed by atoms with van der Waals surface area (Å²) in [7, 11) is 0. The Morgan fingerprint density at radius 3 is 1.88 bits per heavy atom. The van der Waals surface area contributed by atoms with E-state index in [1.165, 1.54) is 12.1 Å². The Morgan fingerprint density at radius 2 is 1.31 bits per heavy atom. The van der Waals surface area contributed by atoms with Gasteiger partial charge < -0.3 is 5.11 Å². The molecule has 0 radical (unpaired) electrons. The summed E-state index contributed by atoms with van der Waals surface area (Å²) in [4.78, 5) is 11.9. The molecule has 0 heterocycles. The van der Waals surface area contributed by atoms with Crippen LogP contribution in [0.15, 0.2) is 54.6 Å². The van der Waals surface area contributed by atoms with Crippen LogP contribution in [0.2, 0.25) is 0 Å². The molecule has 0 unspecified atom stereocenters. The summed E-state index contributed by atoms with van der Waals surface area (Å²) in [6, 6.07) is 15.3. The molecule has 0 spiro atoms. The van der Waals surface area contributed by atoms with E-state index < -0.39 is 0 Å². The monoisotopic (exact) mass is 206 g/mol. The fourth-order valence-electron chi connectivity index (χ4n) is 1.37. The Kier molecular flexibility index (Phi) is 4.36. The van der Waals surface area contributed by atoms with Crippen molar-refractivity contribution >= 4 is 24.6 Å². The molecule has 3 heteroatoms. The van der Waals surface area contributed by atoms with Gasteiger partial charge in [0, 0.05) is 11.1 Å². The zero-order chi connectivity index (χ0) is 10.7. The summed E-state index contributed by atoms with van der Waals surface area (Å²) < 4.78 is 0. The first-order chi connectivity index (χ1) is 7.27. The third kappa shape index (κ3) is 2.76. The number of phenolic OH excluding ortho intramolecular Hbond substituents is 1. The van der Waals surface area contributed by atoms with E-state index in [2.05, 4.69) is 0 Å². The maximum absolute atomic E-state index is 11.9. The second kappa shape index (κ2) is 5.55. The Morgan fingerprint density at radius 1 is 0.812 bits per heavy atom. The van der Waals surface area contributed by atoms with E-state index in [4.69, 9.17) is 5.11 Å². The SMILES string of the molecule is O=C(c1ccccc1)c1ccc(O)cc1.[LiH]. The second-order valence-electron chi connectivity index (χ2n) is 3.24. The predicted molar refractivity (Wildman–Crippen MR) is 65.1 cm³/mol. The van der Waals surface area contributed by atoms with Crippen LogP contribution in [0.25, 0.3) is 0 Å². The predicted octanol–water partition coefficient (Wildman–Crippen LogP) is 1.97. The zero-order valence-corrected chi connectivity index (χ0v) is 8.05. The Balaban J connectivity index is 0.00000128. The van der Waals surface area contributed by atoms with E-state index in [0.717, 1.165) is 0 Å². The van der Waals surface area contributed by atoms with E-state index in [9.17, 15) is 4.79 Å².